The van der Waals surface area contributed by atoms with Crippen LogP contribution < -0.4 is 0 Å². The molecule has 26 heavy (non-hydrogen) atoms. The monoisotopic (exact) mass is 371 g/mol. The van der Waals surface area contributed by atoms with E-state index in [1.807, 2.05) is 34.9 Å². The number of fused-ring (bicyclic) bond motifs is 1. The average molecular weight is 372 g/mol. The minimum absolute atomic E-state index is 0.205. The number of unbranched alkanes of at least 4 members (excludes halogenated alkanes) is 1. The van der Waals surface area contributed by atoms with Crippen LogP contribution in [0, 0.1) is 0 Å². The van der Waals surface area contributed by atoms with Crippen LogP contribution in [0.1, 0.15) is 46.2 Å². The van der Waals surface area contributed by atoms with Gasteiger partial charge in [-0.1, -0.05) is 58.4 Å². The fourth-order valence-electron chi connectivity index (χ4n) is 2.56. The fourth-order valence-corrected chi connectivity index (χ4v) is 3.51. The fraction of sp³-hybridized carbons (Fsp3) is 0.455. The summed E-state index contributed by atoms with van der Waals surface area (Å²) in [6.45, 7) is 14.0. The number of para-hydroxylation sites is 1. The number of aliphatic hydroxyl groups excluding tert-OH is 1. The number of aromatic nitrogens is 1. The minimum atomic E-state index is -1.75. The molecule has 0 saturated heterocycles. The molecule has 0 aliphatic rings. The van der Waals surface area contributed by atoms with Gasteiger partial charge in [-0.05, 0) is 48.8 Å². The van der Waals surface area contributed by atoms with Gasteiger partial charge in [0.25, 0.3) is 0 Å². The van der Waals surface area contributed by atoms with Gasteiger partial charge in [0, 0.05) is 11.1 Å². The largest absolute Gasteiger partial charge is 0.494 e. The van der Waals surface area contributed by atoms with Crippen molar-refractivity contribution in [2.75, 3.05) is 6.61 Å². The molecule has 2 aromatic rings. The summed E-state index contributed by atoms with van der Waals surface area (Å²) in [5.74, 6) is 0.290. The maximum Gasteiger partial charge on any atom is 0.192 e. The van der Waals surface area contributed by atoms with Crippen molar-refractivity contribution in [1.29, 1.82) is 0 Å². The summed E-state index contributed by atoms with van der Waals surface area (Å²) >= 11 is 0. The Bertz CT molecular complexity index is 794. The SMILES string of the molecule is CCCC=C(O)n1c(C=CCO[Si](C)(C)C(C)(C)C)cc2ccccc21. The van der Waals surface area contributed by atoms with Crippen molar-refractivity contribution < 1.29 is 9.53 Å². The molecule has 0 bridgehead atoms. The molecule has 142 valence electrons. The van der Waals surface area contributed by atoms with E-state index in [1.165, 1.54) is 0 Å². The predicted molar refractivity (Wildman–Crippen MR) is 116 cm³/mol. The molecule has 1 aromatic carbocycles. The van der Waals surface area contributed by atoms with Crippen LogP contribution in [0.5, 0.6) is 0 Å². The van der Waals surface area contributed by atoms with Gasteiger partial charge in [-0.2, -0.15) is 0 Å². The maximum absolute atomic E-state index is 10.6. The van der Waals surface area contributed by atoms with Gasteiger partial charge in [0.2, 0.25) is 0 Å². The molecule has 1 aromatic heterocycles. The van der Waals surface area contributed by atoms with Gasteiger partial charge in [-0.25, -0.2) is 0 Å². The Balaban J connectivity index is 2.26. The van der Waals surface area contributed by atoms with E-state index in [4.69, 9.17) is 4.43 Å². The molecule has 3 nitrogen and oxygen atoms in total. The summed E-state index contributed by atoms with van der Waals surface area (Å²) in [4.78, 5) is 0. The minimum Gasteiger partial charge on any atom is -0.494 e. The molecular formula is C22H33NO2Si. The van der Waals surface area contributed by atoms with Gasteiger partial charge in [0.05, 0.1) is 12.1 Å². The van der Waals surface area contributed by atoms with Crippen LogP contribution in [0.4, 0.5) is 0 Å². The zero-order valence-corrected chi connectivity index (χ0v) is 18.0. The van der Waals surface area contributed by atoms with Crippen LogP contribution in [0.2, 0.25) is 18.1 Å². The van der Waals surface area contributed by atoms with Gasteiger partial charge in [-0.3, -0.25) is 4.57 Å². The van der Waals surface area contributed by atoms with E-state index in [0.717, 1.165) is 29.4 Å². The molecule has 0 spiro atoms. The highest BCUT2D eigenvalue weighted by atomic mass is 28.4. The van der Waals surface area contributed by atoms with Crippen LogP contribution in [0.25, 0.3) is 22.9 Å². The lowest BCUT2D eigenvalue weighted by Crippen LogP contribution is -2.40. The first-order valence-electron chi connectivity index (χ1n) is 9.48. The number of allylic oxidation sites excluding steroid dienone is 1. The Morgan fingerprint density at radius 1 is 1.23 bits per heavy atom. The van der Waals surface area contributed by atoms with Crippen LogP contribution in [-0.2, 0) is 4.43 Å². The van der Waals surface area contributed by atoms with Gasteiger partial charge in [0.1, 0.15) is 0 Å². The Morgan fingerprint density at radius 2 is 1.92 bits per heavy atom. The van der Waals surface area contributed by atoms with Crippen molar-refractivity contribution >= 4 is 31.2 Å². The van der Waals surface area contributed by atoms with Crippen LogP contribution >= 0.6 is 0 Å². The Labute approximate surface area is 159 Å². The molecule has 1 N–H and O–H groups in total. The standard InChI is InChI=1S/C22H33NO2Si/c1-7-8-15-21(24)23-19(17-18-12-9-10-14-20(18)23)13-11-16-25-26(5,6)22(2,3)4/h9-15,17,24H,7-8,16H2,1-6H3. The lowest BCUT2D eigenvalue weighted by atomic mass is 10.2. The molecular weight excluding hydrogens is 338 g/mol. The highest BCUT2D eigenvalue weighted by molar-refractivity contribution is 6.74. The highest BCUT2D eigenvalue weighted by Crippen LogP contribution is 2.36. The predicted octanol–water partition coefficient (Wildman–Crippen LogP) is 6.83. The number of rotatable bonds is 7. The molecule has 0 fully saturated rings. The first-order valence-corrected chi connectivity index (χ1v) is 12.4. The van der Waals surface area contributed by atoms with Gasteiger partial charge in [0.15, 0.2) is 14.2 Å². The molecule has 0 aliphatic carbocycles. The number of benzene rings is 1. The van der Waals surface area contributed by atoms with Crippen LogP contribution in [-0.4, -0.2) is 24.6 Å². The van der Waals surface area contributed by atoms with Crippen molar-refractivity contribution in [3.63, 3.8) is 0 Å². The Kier molecular flexibility index (Phi) is 6.53. The third kappa shape index (κ3) is 4.68. The molecule has 1 heterocycles. The third-order valence-electron chi connectivity index (χ3n) is 5.22. The molecule has 0 saturated carbocycles. The highest BCUT2D eigenvalue weighted by Gasteiger charge is 2.36. The number of hydrogen-bond donors (Lipinski definition) is 1. The summed E-state index contributed by atoms with van der Waals surface area (Å²) in [5.41, 5.74) is 1.98. The summed E-state index contributed by atoms with van der Waals surface area (Å²) in [6.07, 6.45) is 7.85. The third-order valence-corrected chi connectivity index (χ3v) is 9.72. The summed E-state index contributed by atoms with van der Waals surface area (Å²) < 4.78 is 8.13. The second-order valence-electron chi connectivity index (χ2n) is 8.29. The number of hydrogen-bond acceptors (Lipinski definition) is 2. The molecule has 0 amide bonds. The zero-order valence-electron chi connectivity index (χ0n) is 17.0. The summed E-state index contributed by atoms with van der Waals surface area (Å²) in [7, 11) is -1.75. The van der Waals surface area contributed by atoms with E-state index in [9.17, 15) is 5.11 Å². The summed E-state index contributed by atoms with van der Waals surface area (Å²) in [5, 5.41) is 11.9. The first-order chi connectivity index (χ1) is 12.2. The first kappa shape index (κ1) is 20.5. The topological polar surface area (TPSA) is 34.4 Å². The number of aliphatic hydroxyl groups is 1. The van der Waals surface area contributed by atoms with Crippen molar-refractivity contribution in [3.8, 4) is 0 Å². The summed E-state index contributed by atoms with van der Waals surface area (Å²) in [6, 6.07) is 10.2. The second-order valence-corrected chi connectivity index (χ2v) is 13.1. The molecule has 0 aliphatic heterocycles. The van der Waals surface area contributed by atoms with Crippen molar-refractivity contribution in [1.82, 2.24) is 4.57 Å². The van der Waals surface area contributed by atoms with Crippen LogP contribution in [0.3, 0.4) is 0 Å². The van der Waals surface area contributed by atoms with E-state index >= 15 is 0 Å². The second kappa shape index (κ2) is 8.27. The smallest absolute Gasteiger partial charge is 0.192 e. The van der Waals surface area contributed by atoms with Gasteiger partial charge in [-0.15, -0.1) is 0 Å². The molecule has 4 heteroatoms. The van der Waals surface area contributed by atoms with E-state index < -0.39 is 8.32 Å². The lowest BCUT2D eigenvalue weighted by molar-refractivity contribution is 0.328. The van der Waals surface area contributed by atoms with Crippen molar-refractivity contribution in [3.05, 3.63) is 48.2 Å². The van der Waals surface area contributed by atoms with E-state index in [0.29, 0.717) is 6.61 Å². The zero-order chi connectivity index (χ0) is 19.4. The van der Waals surface area contributed by atoms with Crippen molar-refractivity contribution in [2.45, 2.75) is 58.7 Å². The van der Waals surface area contributed by atoms with E-state index in [1.54, 1.807) is 0 Å². The maximum atomic E-state index is 10.6. The molecule has 0 atom stereocenters. The van der Waals surface area contributed by atoms with E-state index in [2.05, 4.69) is 59.0 Å². The van der Waals surface area contributed by atoms with Crippen LogP contribution in [0.15, 0.2) is 42.5 Å². The molecule has 0 radical (unpaired) electrons. The average Bonchev–Trinajstić information content (AvgIpc) is 2.94. The number of nitrogens with zero attached hydrogens (tertiary/aromatic N) is 1. The lowest BCUT2D eigenvalue weighted by Gasteiger charge is -2.35. The van der Waals surface area contributed by atoms with Gasteiger partial charge >= 0.3 is 0 Å². The molecule has 0 unspecified atom stereocenters. The Hall–Kier alpha value is -1.78. The van der Waals surface area contributed by atoms with E-state index in [-0.39, 0.29) is 10.9 Å². The normalized spacial score (nSPS) is 13.8. The Morgan fingerprint density at radius 3 is 2.58 bits per heavy atom. The van der Waals surface area contributed by atoms with Crippen molar-refractivity contribution in [2.24, 2.45) is 0 Å². The molecule has 2 rings (SSSR count). The quantitative estimate of drug-likeness (QED) is 0.427. The van der Waals surface area contributed by atoms with Gasteiger partial charge < -0.3 is 9.53 Å².